The van der Waals surface area contributed by atoms with Crippen molar-refractivity contribution in [1.29, 1.82) is 0 Å². The van der Waals surface area contributed by atoms with Crippen LogP contribution in [0.4, 0.5) is 0 Å². The molecule has 0 bridgehead atoms. The van der Waals surface area contributed by atoms with Crippen molar-refractivity contribution in [3.05, 3.63) is 0 Å². The van der Waals surface area contributed by atoms with E-state index in [4.69, 9.17) is 5.73 Å². The number of nitrogens with zero attached hydrogens (tertiary/aromatic N) is 1. The van der Waals surface area contributed by atoms with Crippen molar-refractivity contribution >= 4 is 0 Å². The summed E-state index contributed by atoms with van der Waals surface area (Å²) >= 11 is 0. The molecule has 0 aromatic carbocycles. The predicted molar refractivity (Wildman–Crippen MR) is 64.9 cm³/mol. The molecule has 2 rings (SSSR count). The maximum Gasteiger partial charge on any atom is 0.0334 e. The molecule has 88 valence electrons. The largest absolute Gasteiger partial charge is 0.329 e. The highest BCUT2D eigenvalue weighted by atomic mass is 15.2. The van der Waals surface area contributed by atoms with Crippen molar-refractivity contribution in [2.24, 2.45) is 5.73 Å². The summed E-state index contributed by atoms with van der Waals surface area (Å²) in [7, 11) is 0. The van der Waals surface area contributed by atoms with Crippen LogP contribution in [0, 0.1) is 0 Å². The lowest BCUT2D eigenvalue weighted by molar-refractivity contribution is 0.0618. The second-order valence-electron chi connectivity index (χ2n) is 5.53. The Kier molecular flexibility index (Phi) is 3.68. The highest BCUT2D eigenvalue weighted by Crippen LogP contribution is 2.37. The minimum absolute atomic E-state index is 0.379. The molecule has 1 saturated carbocycles. The van der Waals surface area contributed by atoms with E-state index >= 15 is 0 Å². The molecule has 1 aliphatic heterocycles. The van der Waals surface area contributed by atoms with Crippen molar-refractivity contribution in [2.45, 2.75) is 69.9 Å². The van der Waals surface area contributed by atoms with Gasteiger partial charge in [-0.3, -0.25) is 4.90 Å². The van der Waals surface area contributed by atoms with E-state index in [1.165, 1.54) is 57.9 Å². The molecule has 1 aliphatic carbocycles. The zero-order valence-corrected chi connectivity index (χ0v) is 10.2. The summed E-state index contributed by atoms with van der Waals surface area (Å²) in [5.41, 5.74) is 6.45. The zero-order valence-electron chi connectivity index (χ0n) is 10.2. The molecule has 0 amide bonds. The topological polar surface area (TPSA) is 29.3 Å². The first kappa shape index (κ1) is 11.4. The Morgan fingerprint density at radius 2 is 1.87 bits per heavy atom. The molecular formula is C13H26N2. The van der Waals surface area contributed by atoms with Crippen molar-refractivity contribution in [2.75, 3.05) is 13.1 Å². The number of hydrogen-bond acceptors (Lipinski definition) is 2. The van der Waals surface area contributed by atoms with Gasteiger partial charge in [-0.05, 0) is 39.2 Å². The molecule has 0 spiro atoms. The Labute approximate surface area is 94.2 Å². The van der Waals surface area contributed by atoms with Gasteiger partial charge in [0.15, 0.2) is 0 Å². The van der Waals surface area contributed by atoms with Crippen LogP contribution in [0.1, 0.15) is 58.3 Å². The Hall–Kier alpha value is -0.0800. The zero-order chi connectivity index (χ0) is 10.7. The van der Waals surface area contributed by atoms with E-state index in [0.29, 0.717) is 5.54 Å². The molecule has 15 heavy (non-hydrogen) atoms. The lowest BCUT2D eigenvalue weighted by atomic mass is 9.93. The molecule has 2 fully saturated rings. The number of nitrogens with two attached hydrogens (primary N) is 1. The van der Waals surface area contributed by atoms with Crippen LogP contribution >= 0.6 is 0 Å². The van der Waals surface area contributed by atoms with Gasteiger partial charge in [-0.2, -0.15) is 0 Å². The molecular weight excluding hydrogens is 184 g/mol. The van der Waals surface area contributed by atoms with E-state index in [1.807, 2.05) is 0 Å². The third-order valence-corrected chi connectivity index (χ3v) is 4.58. The minimum atomic E-state index is 0.379. The van der Waals surface area contributed by atoms with Crippen molar-refractivity contribution < 1.29 is 0 Å². The van der Waals surface area contributed by atoms with Crippen LogP contribution in [0.25, 0.3) is 0 Å². The average molecular weight is 210 g/mol. The van der Waals surface area contributed by atoms with Crippen LogP contribution in [-0.4, -0.2) is 29.6 Å². The van der Waals surface area contributed by atoms with Gasteiger partial charge in [0.05, 0.1) is 0 Å². The maximum absolute atomic E-state index is 6.07. The normalized spacial score (nSPS) is 32.8. The van der Waals surface area contributed by atoms with E-state index in [9.17, 15) is 0 Å². The van der Waals surface area contributed by atoms with Gasteiger partial charge in [-0.25, -0.2) is 0 Å². The molecule has 1 saturated heterocycles. The Balaban J connectivity index is 2.10. The van der Waals surface area contributed by atoms with Gasteiger partial charge in [0.2, 0.25) is 0 Å². The average Bonchev–Trinajstić information content (AvgIpc) is 2.63. The van der Waals surface area contributed by atoms with Gasteiger partial charge in [0.1, 0.15) is 0 Å². The summed E-state index contributed by atoms with van der Waals surface area (Å²) in [6, 6.07) is 0.758. The molecule has 1 heterocycles. The summed E-state index contributed by atoms with van der Waals surface area (Å²) in [5.74, 6) is 0. The SMILES string of the molecule is CC1CCCCCN1C1(CN)CCCC1. The van der Waals surface area contributed by atoms with Crippen molar-refractivity contribution in [3.8, 4) is 0 Å². The number of hydrogen-bond donors (Lipinski definition) is 1. The molecule has 1 unspecified atom stereocenters. The summed E-state index contributed by atoms with van der Waals surface area (Å²) in [6.07, 6.45) is 11.1. The van der Waals surface area contributed by atoms with E-state index in [1.54, 1.807) is 0 Å². The molecule has 2 N–H and O–H groups in total. The first-order valence-corrected chi connectivity index (χ1v) is 6.75. The first-order chi connectivity index (χ1) is 7.28. The summed E-state index contributed by atoms with van der Waals surface area (Å²) in [6.45, 7) is 4.57. The Morgan fingerprint density at radius 3 is 2.53 bits per heavy atom. The molecule has 2 heteroatoms. The van der Waals surface area contributed by atoms with Gasteiger partial charge in [0.25, 0.3) is 0 Å². The van der Waals surface area contributed by atoms with Crippen LogP contribution in [0.5, 0.6) is 0 Å². The van der Waals surface area contributed by atoms with Crippen molar-refractivity contribution in [3.63, 3.8) is 0 Å². The molecule has 0 aromatic rings. The summed E-state index contributed by atoms with van der Waals surface area (Å²) in [5, 5.41) is 0. The van der Waals surface area contributed by atoms with E-state index < -0.39 is 0 Å². The lowest BCUT2D eigenvalue weighted by Gasteiger charge is -2.44. The standard InChI is InChI=1S/C13H26N2/c1-12-7-3-2-6-10-15(12)13(11-14)8-4-5-9-13/h12H,2-11,14H2,1H3. The van der Waals surface area contributed by atoms with Crippen LogP contribution < -0.4 is 5.73 Å². The molecule has 2 aliphatic rings. The van der Waals surface area contributed by atoms with Crippen LogP contribution in [0.3, 0.4) is 0 Å². The minimum Gasteiger partial charge on any atom is -0.329 e. The van der Waals surface area contributed by atoms with Gasteiger partial charge in [0, 0.05) is 18.1 Å². The molecule has 0 radical (unpaired) electrons. The Morgan fingerprint density at radius 1 is 1.13 bits per heavy atom. The second-order valence-corrected chi connectivity index (χ2v) is 5.53. The van der Waals surface area contributed by atoms with Crippen molar-refractivity contribution in [1.82, 2.24) is 4.90 Å². The second kappa shape index (κ2) is 4.84. The lowest BCUT2D eigenvalue weighted by Crippen LogP contribution is -2.55. The molecule has 1 atom stereocenters. The Bertz CT molecular complexity index is 197. The van der Waals surface area contributed by atoms with Gasteiger partial charge < -0.3 is 5.73 Å². The fraction of sp³-hybridized carbons (Fsp3) is 1.00. The highest BCUT2D eigenvalue weighted by molar-refractivity contribution is 4.98. The van der Waals surface area contributed by atoms with E-state index in [2.05, 4.69) is 11.8 Å². The highest BCUT2D eigenvalue weighted by Gasteiger charge is 2.40. The van der Waals surface area contributed by atoms with Gasteiger partial charge in [-0.1, -0.05) is 25.7 Å². The number of rotatable bonds is 2. The predicted octanol–water partition coefficient (Wildman–Crippen LogP) is 2.52. The fourth-order valence-corrected chi connectivity index (χ4v) is 3.62. The summed E-state index contributed by atoms with van der Waals surface area (Å²) in [4.78, 5) is 2.76. The summed E-state index contributed by atoms with van der Waals surface area (Å²) < 4.78 is 0. The number of likely N-dealkylation sites (tertiary alicyclic amines) is 1. The molecule has 2 nitrogen and oxygen atoms in total. The molecule has 0 aromatic heterocycles. The van der Waals surface area contributed by atoms with Gasteiger partial charge >= 0.3 is 0 Å². The monoisotopic (exact) mass is 210 g/mol. The maximum atomic E-state index is 6.07. The van der Waals surface area contributed by atoms with Crippen LogP contribution in [-0.2, 0) is 0 Å². The van der Waals surface area contributed by atoms with Crippen LogP contribution in [0.15, 0.2) is 0 Å². The third-order valence-electron chi connectivity index (χ3n) is 4.58. The van der Waals surface area contributed by atoms with E-state index in [-0.39, 0.29) is 0 Å². The third kappa shape index (κ3) is 2.21. The smallest absolute Gasteiger partial charge is 0.0334 e. The fourth-order valence-electron chi connectivity index (χ4n) is 3.62. The van der Waals surface area contributed by atoms with E-state index in [0.717, 1.165) is 12.6 Å². The van der Waals surface area contributed by atoms with Crippen LogP contribution in [0.2, 0.25) is 0 Å². The van der Waals surface area contributed by atoms with Gasteiger partial charge in [-0.15, -0.1) is 0 Å². The quantitative estimate of drug-likeness (QED) is 0.759. The first-order valence-electron chi connectivity index (χ1n) is 6.75.